The number of carbonyl (C=O) groups is 1. The minimum absolute atomic E-state index is 0.180. The second-order valence-corrected chi connectivity index (χ2v) is 9.20. The van der Waals surface area contributed by atoms with E-state index in [1.165, 1.54) is 37.6 Å². The second-order valence-electron chi connectivity index (χ2n) is 7.15. The molecule has 0 bridgehead atoms. The fraction of sp³-hybridized carbons (Fsp3) is 0.381. The number of amides is 1. The van der Waals surface area contributed by atoms with E-state index >= 15 is 0 Å². The van der Waals surface area contributed by atoms with Gasteiger partial charge in [0, 0.05) is 20.1 Å². The van der Waals surface area contributed by atoms with Crippen molar-refractivity contribution in [2.45, 2.75) is 30.8 Å². The van der Waals surface area contributed by atoms with Crippen molar-refractivity contribution in [2.75, 3.05) is 26.7 Å². The summed E-state index contributed by atoms with van der Waals surface area (Å²) in [7, 11) is -2.25. The molecule has 0 aliphatic carbocycles. The fourth-order valence-corrected chi connectivity index (χ4v) is 4.50. The zero-order valence-electron chi connectivity index (χ0n) is 16.2. The molecule has 0 aromatic heterocycles. The summed E-state index contributed by atoms with van der Waals surface area (Å²) in [6.07, 6.45) is 2.52. The smallest absolute Gasteiger partial charge is 0.243 e. The third-order valence-corrected chi connectivity index (χ3v) is 6.72. The molecular weight excluding hydrogens is 374 g/mol. The van der Waals surface area contributed by atoms with Gasteiger partial charge in [-0.05, 0) is 49.2 Å². The van der Waals surface area contributed by atoms with Crippen molar-refractivity contribution >= 4 is 15.9 Å². The molecule has 28 heavy (non-hydrogen) atoms. The molecule has 150 valence electrons. The fourth-order valence-electron chi connectivity index (χ4n) is 3.35. The number of nitrogens with zero attached hydrogens (tertiary/aromatic N) is 2. The summed E-state index contributed by atoms with van der Waals surface area (Å²) in [6, 6.07) is 16.3. The van der Waals surface area contributed by atoms with Gasteiger partial charge in [0.1, 0.15) is 0 Å². The van der Waals surface area contributed by atoms with Crippen LogP contribution in [0.15, 0.2) is 59.5 Å². The van der Waals surface area contributed by atoms with Crippen LogP contribution < -0.4 is 5.32 Å². The number of likely N-dealkylation sites (tertiary alicyclic amines) is 1. The SMILES string of the molecule is CN(CC(=O)NCc1cccc(CN2CCCC2)c1)S(=O)(=O)c1ccccc1. The first-order chi connectivity index (χ1) is 13.4. The van der Waals surface area contributed by atoms with Gasteiger partial charge >= 0.3 is 0 Å². The first-order valence-corrected chi connectivity index (χ1v) is 11.0. The molecule has 1 aliphatic heterocycles. The van der Waals surface area contributed by atoms with Gasteiger partial charge in [0.05, 0.1) is 11.4 Å². The van der Waals surface area contributed by atoms with Crippen molar-refractivity contribution < 1.29 is 13.2 Å². The third-order valence-electron chi connectivity index (χ3n) is 4.90. The van der Waals surface area contributed by atoms with Crippen molar-refractivity contribution in [3.05, 3.63) is 65.7 Å². The van der Waals surface area contributed by atoms with E-state index in [1.54, 1.807) is 18.2 Å². The Morgan fingerprint density at radius 1 is 1.04 bits per heavy atom. The minimum Gasteiger partial charge on any atom is -0.351 e. The number of likely N-dealkylation sites (N-methyl/N-ethyl adjacent to an activating group) is 1. The van der Waals surface area contributed by atoms with E-state index in [0.29, 0.717) is 6.54 Å². The largest absolute Gasteiger partial charge is 0.351 e. The van der Waals surface area contributed by atoms with Gasteiger partial charge in [0.2, 0.25) is 15.9 Å². The van der Waals surface area contributed by atoms with Gasteiger partial charge < -0.3 is 5.32 Å². The van der Waals surface area contributed by atoms with E-state index < -0.39 is 10.0 Å². The van der Waals surface area contributed by atoms with E-state index in [9.17, 15) is 13.2 Å². The average Bonchev–Trinajstić information content (AvgIpc) is 3.20. The zero-order valence-corrected chi connectivity index (χ0v) is 17.0. The van der Waals surface area contributed by atoms with Crippen molar-refractivity contribution in [3.63, 3.8) is 0 Å². The molecule has 0 radical (unpaired) electrons. The van der Waals surface area contributed by atoms with E-state index in [-0.39, 0.29) is 17.3 Å². The maximum atomic E-state index is 12.5. The Morgan fingerprint density at radius 2 is 1.71 bits per heavy atom. The highest BCUT2D eigenvalue weighted by atomic mass is 32.2. The van der Waals surface area contributed by atoms with Gasteiger partial charge in [0.25, 0.3) is 0 Å². The first kappa shape index (κ1) is 20.5. The van der Waals surface area contributed by atoms with Crippen molar-refractivity contribution in [1.82, 2.24) is 14.5 Å². The highest BCUT2D eigenvalue weighted by Crippen LogP contribution is 2.15. The Bertz CT molecular complexity index is 894. The van der Waals surface area contributed by atoms with E-state index in [1.807, 2.05) is 12.1 Å². The van der Waals surface area contributed by atoms with Crippen LogP contribution in [-0.2, 0) is 27.9 Å². The van der Waals surface area contributed by atoms with Crippen LogP contribution in [0, 0.1) is 0 Å². The molecule has 1 fully saturated rings. The van der Waals surface area contributed by atoms with Crippen LogP contribution in [0.1, 0.15) is 24.0 Å². The summed E-state index contributed by atoms with van der Waals surface area (Å²) in [4.78, 5) is 14.9. The standard InChI is InChI=1S/C21H27N3O3S/c1-23(28(26,27)20-10-3-2-4-11-20)17-21(25)22-15-18-8-7-9-19(14-18)16-24-12-5-6-13-24/h2-4,7-11,14H,5-6,12-13,15-17H2,1H3,(H,22,25). The average molecular weight is 402 g/mol. The lowest BCUT2D eigenvalue weighted by Crippen LogP contribution is -2.38. The molecule has 0 spiro atoms. The molecule has 0 saturated carbocycles. The number of nitrogens with one attached hydrogen (secondary N) is 1. The van der Waals surface area contributed by atoms with Crippen LogP contribution >= 0.6 is 0 Å². The summed E-state index contributed by atoms with van der Waals surface area (Å²) in [5.41, 5.74) is 2.25. The summed E-state index contributed by atoms with van der Waals surface area (Å²) in [5, 5.41) is 2.82. The Morgan fingerprint density at radius 3 is 2.43 bits per heavy atom. The second kappa shape index (κ2) is 9.32. The van der Waals surface area contributed by atoms with Crippen LogP contribution in [0.4, 0.5) is 0 Å². The van der Waals surface area contributed by atoms with Gasteiger partial charge in [-0.3, -0.25) is 9.69 Å². The normalized spacial score (nSPS) is 15.1. The lowest BCUT2D eigenvalue weighted by molar-refractivity contribution is -0.121. The van der Waals surface area contributed by atoms with Crippen LogP contribution in [0.25, 0.3) is 0 Å². The molecule has 1 N–H and O–H groups in total. The van der Waals surface area contributed by atoms with E-state index in [0.717, 1.165) is 29.5 Å². The number of benzene rings is 2. The molecule has 0 atom stereocenters. The first-order valence-electron chi connectivity index (χ1n) is 9.53. The van der Waals surface area contributed by atoms with Gasteiger partial charge in [0.15, 0.2) is 0 Å². The van der Waals surface area contributed by atoms with Crippen LogP contribution in [-0.4, -0.2) is 50.2 Å². The molecule has 1 aliphatic rings. The Kier molecular flexibility index (Phi) is 6.83. The maximum Gasteiger partial charge on any atom is 0.243 e. The van der Waals surface area contributed by atoms with Crippen molar-refractivity contribution in [3.8, 4) is 0 Å². The van der Waals surface area contributed by atoms with Crippen molar-refractivity contribution in [1.29, 1.82) is 0 Å². The molecule has 3 rings (SSSR count). The lowest BCUT2D eigenvalue weighted by atomic mass is 10.1. The lowest BCUT2D eigenvalue weighted by Gasteiger charge is -2.17. The topological polar surface area (TPSA) is 69.7 Å². The molecule has 2 aromatic rings. The van der Waals surface area contributed by atoms with E-state index in [2.05, 4.69) is 22.3 Å². The number of rotatable bonds is 8. The number of hydrogen-bond acceptors (Lipinski definition) is 4. The van der Waals surface area contributed by atoms with Gasteiger partial charge in [-0.2, -0.15) is 4.31 Å². The summed E-state index contributed by atoms with van der Waals surface area (Å²) < 4.78 is 26.1. The molecule has 1 amide bonds. The predicted molar refractivity (Wildman–Crippen MR) is 109 cm³/mol. The van der Waals surface area contributed by atoms with Gasteiger partial charge in [-0.15, -0.1) is 0 Å². The number of sulfonamides is 1. The van der Waals surface area contributed by atoms with Gasteiger partial charge in [-0.1, -0.05) is 42.5 Å². The number of carbonyl (C=O) groups excluding carboxylic acids is 1. The molecule has 1 heterocycles. The summed E-state index contributed by atoms with van der Waals surface area (Å²) >= 11 is 0. The Labute approximate surface area is 167 Å². The predicted octanol–water partition coefficient (Wildman–Crippen LogP) is 2.22. The third kappa shape index (κ3) is 5.41. The monoisotopic (exact) mass is 401 g/mol. The highest BCUT2D eigenvalue weighted by Gasteiger charge is 2.22. The van der Waals surface area contributed by atoms with E-state index in [4.69, 9.17) is 0 Å². The zero-order chi connectivity index (χ0) is 20.0. The highest BCUT2D eigenvalue weighted by molar-refractivity contribution is 7.89. The molecule has 0 unspecified atom stereocenters. The molecular formula is C21H27N3O3S. The maximum absolute atomic E-state index is 12.5. The summed E-state index contributed by atoms with van der Waals surface area (Å²) in [5.74, 6) is -0.327. The Hall–Kier alpha value is -2.22. The quantitative estimate of drug-likeness (QED) is 0.736. The van der Waals surface area contributed by atoms with Crippen molar-refractivity contribution in [2.24, 2.45) is 0 Å². The summed E-state index contributed by atoms with van der Waals surface area (Å²) in [6.45, 7) is 3.38. The minimum atomic E-state index is -3.67. The molecule has 7 heteroatoms. The Balaban J connectivity index is 1.52. The van der Waals surface area contributed by atoms with Crippen LogP contribution in [0.2, 0.25) is 0 Å². The molecule has 2 aromatic carbocycles. The van der Waals surface area contributed by atoms with Crippen LogP contribution in [0.3, 0.4) is 0 Å². The van der Waals surface area contributed by atoms with Gasteiger partial charge in [-0.25, -0.2) is 8.42 Å². The molecule has 1 saturated heterocycles. The molecule has 6 nitrogen and oxygen atoms in total. The number of hydrogen-bond donors (Lipinski definition) is 1. The van der Waals surface area contributed by atoms with Crippen LogP contribution in [0.5, 0.6) is 0 Å².